The van der Waals surface area contributed by atoms with Gasteiger partial charge in [0.15, 0.2) is 0 Å². The molecule has 0 spiro atoms. The average Bonchev–Trinajstić information content (AvgIpc) is 1.27. The van der Waals surface area contributed by atoms with Crippen molar-refractivity contribution in [3.8, 4) is 0 Å². The number of hydrogen-bond acceptors (Lipinski definition) is 2. The maximum atomic E-state index is 9.94. The highest BCUT2D eigenvalue weighted by molar-refractivity contribution is 7.80. The molecule has 0 bridgehead atoms. The highest BCUT2D eigenvalue weighted by Gasteiger charge is 1.91. The van der Waals surface area contributed by atoms with E-state index in [-0.39, 0.29) is 12.3 Å². The smallest absolute Gasteiger partial charge is 0.222 e. The maximum Gasteiger partial charge on any atom is 0.222 e. The molecule has 0 aliphatic heterocycles. The second-order valence-corrected chi connectivity index (χ2v) is 2.04. The first-order valence-electron chi connectivity index (χ1n) is 1.90. The van der Waals surface area contributed by atoms with Gasteiger partial charge in [0.25, 0.3) is 0 Å². The van der Waals surface area contributed by atoms with Crippen LogP contribution in [0.4, 0.5) is 0 Å². The van der Waals surface area contributed by atoms with E-state index in [1.807, 2.05) is 0 Å². The van der Waals surface area contributed by atoms with E-state index in [0.29, 0.717) is 4.86 Å². The Morgan fingerprint density at radius 3 is 2.29 bits per heavy atom. The van der Waals surface area contributed by atoms with Gasteiger partial charge in [-0.3, -0.25) is 4.79 Å². The van der Waals surface area contributed by atoms with Gasteiger partial charge in [-0.2, -0.15) is 0 Å². The van der Waals surface area contributed by atoms with E-state index in [1.165, 1.54) is 0 Å². The van der Waals surface area contributed by atoms with E-state index < -0.39 is 0 Å². The average molecular weight is 117 g/mol. The van der Waals surface area contributed by atoms with Crippen LogP contribution >= 0.6 is 12.2 Å². The Hall–Kier alpha value is -0.440. The molecular formula is C4H7NOS. The molecule has 0 atom stereocenters. The molecule has 7 heavy (non-hydrogen) atoms. The number of thiocarbonyl (C=S) groups is 1. The van der Waals surface area contributed by atoms with Crippen molar-refractivity contribution in [3.05, 3.63) is 0 Å². The lowest BCUT2D eigenvalue weighted by Gasteiger charge is -1.85. The first-order valence-corrected chi connectivity index (χ1v) is 2.31. The first-order chi connectivity index (χ1) is 3.13. The fourth-order valence-electron chi connectivity index (χ4n) is 0.245. The van der Waals surface area contributed by atoms with Gasteiger partial charge in [0.05, 0.1) is 6.42 Å². The molecule has 0 heterocycles. The van der Waals surface area contributed by atoms with Gasteiger partial charge in [-0.25, -0.2) is 0 Å². The zero-order chi connectivity index (χ0) is 5.86. The molecule has 0 aliphatic rings. The Balaban J connectivity index is 3.32. The minimum Gasteiger partial charge on any atom is -0.369 e. The number of hydrogen-bond donors (Lipinski definition) is 1. The number of rotatable bonds is 2. The molecule has 0 fully saturated rings. The fraction of sp³-hybridized carbons (Fsp3) is 0.500. The third kappa shape index (κ3) is 5.56. The van der Waals surface area contributed by atoms with Crippen molar-refractivity contribution >= 4 is 23.0 Å². The standard InChI is InChI=1S/C4H7NOS/c1-3(7)2-4(5)6/h2H2,1H3,(H2,5,6). The molecule has 0 aromatic carbocycles. The molecule has 2 nitrogen and oxygen atoms in total. The quantitative estimate of drug-likeness (QED) is 0.527. The van der Waals surface area contributed by atoms with Crippen molar-refractivity contribution in [2.75, 3.05) is 0 Å². The highest BCUT2D eigenvalue weighted by atomic mass is 32.1. The Morgan fingerprint density at radius 1 is 1.86 bits per heavy atom. The first kappa shape index (κ1) is 6.56. The van der Waals surface area contributed by atoms with Crippen LogP contribution in [0.2, 0.25) is 0 Å². The van der Waals surface area contributed by atoms with Crippen molar-refractivity contribution in [2.24, 2.45) is 5.73 Å². The minimum absolute atomic E-state index is 0.231. The summed E-state index contributed by atoms with van der Waals surface area (Å²) < 4.78 is 0. The molecule has 0 aromatic rings. The third-order valence-corrected chi connectivity index (χ3v) is 0.568. The van der Waals surface area contributed by atoms with Crippen molar-refractivity contribution < 1.29 is 4.79 Å². The molecule has 0 saturated carbocycles. The fourth-order valence-corrected chi connectivity index (χ4v) is 0.388. The summed E-state index contributed by atoms with van der Waals surface area (Å²) in [6.07, 6.45) is 0.231. The largest absolute Gasteiger partial charge is 0.369 e. The van der Waals surface area contributed by atoms with Crippen molar-refractivity contribution in [1.29, 1.82) is 0 Å². The highest BCUT2D eigenvalue weighted by Crippen LogP contribution is 1.80. The van der Waals surface area contributed by atoms with Gasteiger partial charge in [0.1, 0.15) is 0 Å². The van der Waals surface area contributed by atoms with E-state index in [9.17, 15) is 4.79 Å². The van der Waals surface area contributed by atoms with Gasteiger partial charge in [-0.1, -0.05) is 12.2 Å². The van der Waals surface area contributed by atoms with Crippen LogP contribution < -0.4 is 5.73 Å². The summed E-state index contributed by atoms with van der Waals surface area (Å²) in [6.45, 7) is 1.69. The number of carbonyl (C=O) groups is 1. The second kappa shape index (κ2) is 2.69. The lowest BCUT2D eigenvalue weighted by molar-refractivity contribution is -0.116. The van der Waals surface area contributed by atoms with E-state index in [0.717, 1.165) is 0 Å². The van der Waals surface area contributed by atoms with E-state index in [4.69, 9.17) is 5.73 Å². The summed E-state index contributed by atoms with van der Waals surface area (Å²) >= 11 is 4.57. The van der Waals surface area contributed by atoms with Crippen LogP contribution in [0.25, 0.3) is 0 Å². The Bertz CT molecular complexity index is 87.9. The van der Waals surface area contributed by atoms with Crippen LogP contribution in [-0.4, -0.2) is 10.8 Å². The molecule has 3 heteroatoms. The molecule has 0 saturated heterocycles. The lowest BCUT2D eigenvalue weighted by Crippen LogP contribution is -2.12. The zero-order valence-electron chi connectivity index (χ0n) is 4.10. The van der Waals surface area contributed by atoms with Gasteiger partial charge in [-0.05, 0) is 11.8 Å². The summed E-state index contributed by atoms with van der Waals surface area (Å²) in [5.41, 5.74) is 4.77. The molecule has 2 N–H and O–H groups in total. The van der Waals surface area contributed by atoms with Crippen molar-refractivity contribution in [1.82, 2.24) is 0 Å². The third-order valence-electron chi connectivity index (χ3n) is 0.423. The Kier molecular flexibility index (Phi) is 2.52. The maximum absolute atomic E-state index is 9.94. The Morgan fingerprint density at radius 2 is 2.29 bits per heavy atom. The molecular weight excluding hydrogens is 110 g/mol. The molecule has 40 valence electrons. The number of primary amides is 1. The van der Waals surface area contributed by atoms with Crippen LogP contribution in [0.1, 0.15) is 13.3 Å². The number of carbonyl (C=O) groups excluding carboxylic acids is 1. The molecule has 0 rings (SSSR count). The second-order valence-electron chi connectivity index (χ2n) is 1.35. The molecule has 0 aromatic heterocycles. The monoisotopic (exact) mass is 117 g/mol. The van der Waals surface area contributed by atoms with Crippen LogP contribution in [-0.2, 0) is 4.79 Å². The molecule has 0 aliphatic carbocycles. The summed E-state index contributed by atoms with van der Waals surface area (Å²) in [5.74, 6) is -0.354. The van der Waals surface area contributed by atoms with E-state index >= 15 is 0 Å². The summed E-state index contributed by atoms with van der Waals surface area (Å²) in [6, 6.07) is 0. The number of amides is 1. The SMILES string of the molecule is CC(=S)CC(N)=O. The Labute approximate surface area is 47.7 Å². The van der Waals surface area contributed by atoms with Crippen molar-refractivity contribution in [3.63, 3.8) is 0 Å². The summed E-state index contributed by atoms with van der Waals surface area (Å²) in [5, 5.41) is 0. The topological polar surface area (TPSA) is 43.1 Å². The molecule has 0 radical (unpaired) electrons. The predicted molar refractivity (Wildman–Crippen MR) is 32.1 cm³/mol. The van der Waals surface area contributed by atoms with Crippen LogP contribution in [0.15, 0.2) is 0 Å². The zero-order valence-corrected chi connectivity index (χ0v) is 4.92. The van der Waals surface area contributed by atoms with E-state index in [2.05, 4.69) is 12.2 Å². The number of nitrogens with two attached hydrogens (primary N) is 1. The van der Waals surface area contributed by atoms with Gasteiger partial charge in [0.2, 0.25) is 5.91 Å². The van der Waals surface area contributed by atoms with Gasteiger partial charge >= 0.3 is 0 Å². The van der Waals surface area contributed by atoms with Crippen LogP contribution in [0.5, 0.6) is 0 Å². The van der Waals surface area contributed by atoms with Gasteiger partial charge < -0.3 is 5.73 Å². The summed E-state index contributed by atoms with van der Waals surface area (Å²) in [7, 11) is 0. The summed E-state index contributed by atoms with van der Waals surface area (Å²) in [4.78, 5) is 10.6. The van der Waals surface area contributed by atoms with Crippen molar-refractivity contribution in [2.45, 2.75) is 13.3 Å². The molecule has 1 amide bonds. The van der Waals surface area contributed by atoms with Gasteiger partial charge in [-0.15, -0.1) is 0 Å². The van der Waals surface area contributed by atoms with E-state index in [1.54, 1.807) is 6.92 Å². The minimum atomic E-state index is -0.354. The lowest BCUT2D eigenvalue weighted by atomic mass is 10.3. The van der Waals surface area contributed by atoms with Crippen LogP contribution in [0.3, 0.4) is 0 Å². The molecule has 0 unspecified atom stereocenters. The predicted octanol–water partition coefficient (Wildman–Crippen LogP) is 0.252. The van der Waals surface area contributed by atoms with Gasteiger partial charge in [0, 0.05) is 0 Å². The van der Waals surface area contributed by atoms with Crippen LogP contribution in [0, 0.1) is 0 Å². The normalized spacial score (nSPS) is 8.14.